The molecule has 0 aliphatic rings. The summed E-state index contributed by atoms with van der Waals surface area (Å²) >= 11 is 0. The van der Waals surface area contributed by atoms with E-state index < -0.39 is 0 Å². The van der Waals surface area contributed by atoms with Crippen LogP contribution in [0.2, 0.25) is 0 Å². The lowest BCUT2D eigenvalue weighted by Gasteiger charge is -2.08. The Morgan fingerprint density at radius 3 is 2.88 bits per heavy atom. The molecule has 0 bridgehead atoms. The topological polar surface area (TPSA) is 54.0 Å². The SMILES string of the molecule is C=CCNC(=O)c1[c]nccc1NCC=C. The molecule has 2 N–H and O–H groups in total. The lowest BCUT2D eigenvalue weighted by atomic mass is 10.2. The van der Waals surface area contributed by atoms with Gasteiger partial charge in [0, 0.05) is 19.3 Å². The minimum absolute atomic E-state index is 0.223. The molecule has 0 fully saturated rings. The number of carbonyl (C=O) groups excluding carboxylic acids is 1. The number of nitrogens with zero attached hydrogens (tertiary/aromatic N) is 1. The zero-order valence-corrected chi connectivity index (χ0v) is 8.99. The Hall–Kier alpha value is -2.10. The van der Waals surface area contributed by atoms with Crippen LogP contribution in [0.25, 0.3) is 0 Å². The van der Waals surface area contributed by atoms with Crippen molar-refractivity contribution in [3.05, 3.63) is 49.3 Å². The average molecular weight is 216 g/mol. The van der Waals surface area contributed by atoms with E-state index in [9.17, 15) is 4.79 Å². The molecule has 1 aromatic heterocycles. The molecule has 0 unspecified atom stereocenters. The smallest absolute Gasteiger partial charge is 0.255 e. The molecule has 1 heterocycles. The number of anilines is 1. The fourth-order valence-corrected chi connectivity index (χ4v) is 1.11. The van der Waals surface area contributed by atoms with E-state index in [2.05, 4.69) is 35.0 Å². The monoisotopic (exact) mass is 216 g/mol. The number of carbonyl (C=O) groups is 1. The van der Waals surface area contributed by atoms with Crippen LogP contribution in [-0.2, 0) is 0 Å². The summed E-state index contributed by atoms with van der Waals surface area (Å²) in [7, 11) is 0. The van der Waals surface area contributed by atoms with Gasteiger partial charge in [-0.3, -0.25) is 9.78 Å². The normalized spacial score (nSPS) is 9.25. The third-order valence-corrected chi connectivity index (χ3v) is 1.83. The van der Waals surface area contributed by atoms with Gasteiger partial charge in [0.25, 0.3) is 5.91 Å². The van der Waals surface area contributed by atoms with Crippen molar-refractivity contribution in [2.24, 2.45) is 0 Å². The maximum atomic E-state index is 11.7. The molecular weight excluding hydrogens is 202 g/mol. The first kappa shape index (κ1) is 12.0. The number of aromatic nitrogens is 1. The molecule has 0 spiro atoms. The van der Waals surface area contributed by atoms with Crippen LogP contribution in [0.1, 0.15) is 10.4 Å². The average Bonchev–Trinajstić information content (AvgIpc) is 2.33. The van der Waals surface area contributed by atoms with Crippen LogP contribution in [0.15, 0.2) is 37.6 Å². The summed E-state index contributed by atoms with van der Waals surface area (Å²) in [5.41, 5.74) is 1.09. The highest BCUT2D eigenvalue weighted by atomic mass is 16.1. The predicted molar refractivity (Wildman–Crippen MR) is 64.3 cm³/mol. The van der Waals surface area contributed by atoms with E-state index in [0.29, 0.717) is 24.3 Å². The van der Waals surface area contributed by atoms with Gasteiger partial charge >= 0.3 is 0 Å². The first-order valence-corrected chi connectivity index (χ1v) is 4.90. The second-order valence-corrected chi connectivity index (χ2v) is 3.01. The van der Waals surface area contributed by atoms with Crippen LogP contribution < -0.4 is 10.6 Å². The second-order valence-electron chi connectivity index (χ2n) is 3.01. The molecule has 0 aromatic carbocycles. The molecule has 0 atom stereocenters. The fourth-order valence-electron chi connectivity index (χ4n) is 1.11. The molecule has 1 aromatic rings. The van der Waals surface area contributed by atoms with Crippen molar-refractivity contribution in [3.8, 4) is 0 Å². The maximum absolute atomic E-state index is 11.7. The first-order valence-electron chi connectivity index (χ1n) is 4.90. The zero-order valence-electron chi connectivity index (χ0n) is 8.99. The van der Waals surface area contributed by atoms with Crippen molar-refractivity contribution in [1.82, 2.24) is 10.3 Å². The van der Waals surface area contributed by atoms with E-state index in [-0.39, 0.29) is 5.91 Å². The third-order valence-electron chi connectivity index (χ3n) is 1.83. The van der Waals surface area contributed by atoms with Gasteiger partial charge < -0.3 is 10.6 Å². The van der Waals surface area contributed by atoms with E-state index in [1.54, 1.807) is 24.4 Å². The van der Waals surface area contributed by atoms with Crippen LogP contribution in [0.5, 0.6) is 0 Å². The molecule has 0 saturated carbocycles. The van der Waals surface area contributed by atoms with Gasteiger partial charge in [0.2, 0.25) is 0 Å². The predicted octanol–water partition coefficient (Wildman–Crippen LogP) is 1.40. The minimum Gasteiger partial charge on any atom is -0.381 e. The number of pyridine rings is 1. The summed E-state index contributed by atoms with van der Waals surface area (Å²) in [5, 5.41) is 5.72. The van der Waals surface area contributed by atoms with Crippen molar-refractivity contribution in [2.75, 3.05) is 18.4 Å². The molecule has 1 amide bonds. The molecular formula is C12H14N3O. The van der Waals surface area contributed by atoms with Gasteiger partial charge in [0.15, 0.2) is 0 Å². The standard InChI is InChI=1S/C12H14N3O/c1-3-6-14-11-5-8-13-9-10(11)12(16)15-7-4-2/h3-5,8H,1-2,6-7H2,(H,13,14)(H,15,16). The van der Waals surface area contributed by atoms with Gasteiger partial charge in [-0.15, -0.1) is 13.2 Å². The van der Waals surface area contributed by atoms with Gasteiger partial charge in [-0.05, 0) is 6.07 Å². The third kappa shape index (κ3) is 3.24. The molecule has 4 heteroatoms. The fraction of sp³-hybridized carbons (Fsp3) is 0.167. The Morgan fingerprint density at radius 1 is 1.44 bits per heavy atom. The zero-order chi connectivity index (χ0) is 11.8. The van der Waals surface area contributed by atoms with Crippen LogP contribution in [0, 0.1) is 6.20 Å². The molecule has 1 rings (SSSR count). The molecule has 0 aliphatic heterocycles. The number of hydrogen-bond acceptors (Lipinski definition) is 3. The van der Waals surface area contributed by atoms with E-state index in [4.69, 9.17) is 0 Å². The quantitative estimate of drug-likeness (QED) is 0.707. The number of hydrogen-bond donors (Lipinski definition) is 2. The van der Waals surface area contributed by atoms with Gasteiger partial charge in [-0.1, -0.05) is 12.2 Å². The number of rotatable bonds is 6. The van der Waals surface area contributed by atoms with Gasteiger partial charge in [0.1, 0.15) is 6.20 Å². The van der Waals surface area contributed by atoms with Gasteiger partial charge in [-0.25, -0.2) is 0 Å². The van der Waals surface area contributed by atoms with Crippen LogP contribution in [0.4, 0.5) is 5.69 Å². The summed E-state index contributed by atoms with van der Waals surface area (Å²) in [4.78, 5) is 15.5. The Bertz CT molecular complexity index is 388. The van der Waals surface area contributed by atoms with E-state index >= 15 is 0 Å². The summed E-state index contributed by atoms with van der Waals surface area (Å²) in [6.45, 7) is 8.13. The summed E-state index contributed by atoms with van der Waals surface area (Å²) in [6, 6.07) is 1.73. The van der Waals surface area contributed by atoms with Crippen molar-refractivity contribution in [2.45, 2.75) is 0 Å². The number of nitrogens with one attached hydrogen (secondary N) is 2. The van der Waals surface area contributed by atoms with Gasteiger partial charge in [0.05, 0.1) is 11.3 Å². The largest absolute Gasteiger partial charge is 0.381 e. The van der Waals surface area contributed by atoms with Crippen LogP contribution in [-0.4, -0.2) is 24.0 Å². The highest BCUT2D eigenvalue weighted by Crippen LogP contribution is 2.12. The Morgan fingerprint density at radius 2 is 2.19 bits per heavy atom. The molecule has 83 valence electrons. The Kier molecular flexibility index (Phi) is 4.79. The lowest BCUT2D eigenvalue weighted by molar-refractivity contribution is 0.0958. The molecule has 0 aliphatic carbocycles. The molecule has 1 radical (unpaired) electrons. The van der Waals surface area contributed by atoms with Crippen molar-refractivity contribution < 1.29 is 4.79 Å². The molecule has 0 saturated heterocycles. The summed E-state index contributed by atoms with van der Waals surface area (Å²) < 4.78 is 0. The maximum Gasteiger partial charge on any atom is 0.255 e. The van der Waals surface area contributed by atoms with E-state index in [1.165, 1.54) is 0 Å². The molecule has 16 heavy (non-hydrogen) atoms. The lowest BCUT2D eigenvalue weighted by Crippen LogP contribution is -2.24. The van der Waals surface area contributed by atoms with E-state index in [1.807, 2.05) is 0 Å². The highest BCUT2D eigenvalue weighted by molar-refractivity contribution is 5.99. The van der Waals surface area contributed by atoms with Crippen molar-refractivity contribution in [3.63, 3.8) is 0 Å². The first-order chi connectivity index (χ1) is 7.79. The summed E-state index contributed by atoms with van der Waals surface area (Å²) in [5.74, 6) is -0.223. The Balaban J connectivity index is 2.80. The minimum atomic E-state index is -0.223. The molecule has 4 nitrogen and oxygen atoms in total. The Labute approximate surface area is 95.1 Å². The summed E-state index contributed by atoms with van der Waals surface area (Å²) in [6.07, 6.45) is 7.57. The van der Waals surface area contributed by atoms with Crippen LogP contribution >= 0.6 is 0 Å². The van der Waals surface area contributed by atoms with E-state index in [0.717, 1.165) is 0 Å². The van der Waals surface area contributed by atoms with Crippen molar-refractivity contribution in [1.29, 1.82) is 0 Å². The van der Waals surface area contributed by atoms with Crippen molar-refractivity contribution >= 4 is 11.6 Å². The number of amides is 1. The highest BCUT2D eigenvalue weighted by Gasteiger charge is 2.10. The second kappa shape index (κ2) is 6.40. The van der Waals surface area contributed by atoms with Crippen LogP contribution in [0.3, 0.4) is 0 Å². The van der Waals surface area contributed by atoms with Gasteiger partial charge in [-0.2, -0.15) is 0 Å².